The molecule has 10 aromatic rings. The first-order valence-corrected chi connectivity index (χ1v) is 47.1. The van der Waals surface area contributed by atoms with E-state index in [-0.39, 0.29) is 146 Å². The monoisotopic (exact) mass is 1890 g/mol. The number of methoxy groups -OCH3 is 2. The van der Waals surface area contributed by atoms with Crippen LogP contribution in [0.5, 0.6) is 46.0 Å². The molecule has 31 nitrogen and oxygen atoms in total. The molecule has 0 aliphatic carbocycles. The zero-order valence-electron chi connectivity index (χ0n) is 78.0. The maximum Gasteiger partial charge on any atom is 0.335 e. The van der Waals surface area contributed by atoms with E-state index in [0.717, 1.165) is 122 Å². The second-order valence-corrected chi connectivity index (χ2v) is 35.1. The number of nitrogens with zero attached hydrogens (tertiary/aromatic N) is 7. The Morgan fingerprint density at radius 1 is 0.345 bits per heavy atom. The van der Waals surface area contributed by atoms with Gasteiger partial charge in [-0.15, -0.1) is 5.06 Å². The summed E-state index contributed by atoms with van der Waals surface area (Å²) in [6.07, 6.45) is 9.90. The lowest BCUT2D eigenvalue weighted by atomic mass is 9.98. The molecule has 139 heavy (non-hydrogen) atoms. The van der Waals surface area contributed by atoms with Crippen LogP contribution in [0.15, 0.2) is 192 Å². The lowest BCUT2D eigenvalue weighted by molar-refractivity contribution is -0.198. The van der Waals surface area contributed by atoms with E-state index >= 15 is 0 Å². The molecular weight excluding hydrogens is 1780 g/mol. The van der Waals surface area contributed by atoms with Crippen molar-refractivity contribution in [1.29, 1.82) is 0 Å². The Morgan fingerprint density at radius 3 is 1.08 bits per heavy atom. The summed E-state index contributed by atoms with van der Waals surface area (Å²) in [7, 11) is 3.09. The molecule has 9 aliphatic heterocycles. The maximum absolute atomic E-state index is 14.1. The molecule has 6 amide bonds. The largest absolute Gasteiger partial charge is 0.493 e. The summed E-state index contributed by atoms with van der Waals surface area (Å²) in [6, 6.07) is 58.6. The Kier molecular flexibility index (Phi) is 30.1. The van der Waals surface area contributed by atoms with Gasteiger partial charge in [-0.1, -0.05) is 72.8 Å². The average molecular weight is 1890 g/mol. The van der Waals surface area contributed by atoms with Crippen molar-refractivity contribution in [2.75, 3.05) is 126 Å². The van der Waals surface area contributed by atoms with Gasteiger partial charge in [-0.2, -0.15) is 0 Å². The first-order valence-electron chi connectivity index (χ1n) is 47.1. The quantitative estimate of drug-likeness (QED) is 0.0275. The number of anilines is 4. The van der Waals surface area contributed by atoms with Crippen LogP contribution in [-0.4, -0.2) is 201 Å². The molecule has 9 aliphatic rings. The average Bonchev–Trinajstić information content (AvgIpc) is 1.63. The number of para-hydroxylation sites is 4. The Balaban J connectivity index is 0.000000185. The molecule has 9 heterocycles. The van der Waals surface area contributed by atoms with E-state index in [1.165, 1.54) is 11.1 Å². The van der Waals surface area contributed by atoms with Crippen LogP contribution in [0.2, 0.25) is 0 Å². The zero-order valence-corrected chi connectivity index (χ0v) is 78.0. The first-order chi connectivity index (χ1) is 67.8. The van der Waals surface area contributed by atoms with Crippen LogP contribution < -0.4 is 57.5 Å². The van der Waals surface area contributed by atoms with E-state index < -0.39 is 23.8 Å². The van der Waals surface area contributed by atoms with Gasteiger partial charge in [0.2, 0.25) is 0 Å². The summed E-state index contributed by atoms with van der Waals surface area (Å²) in [5, 5.41) is 9.23. The molecule has 0 bridgehead atoms. The third-order valence-corrected chi connectivity index (χ3v) is 25.8. The number of imide groups is 1. The van der Waals surface area contributed by atoms with E-state index in [0.29, 0.717) is 138 Å². The number of hydrogen-bond donors (Lipinski definition) is 1. The zero-order chi connectivity index (χ0) is 96.0. The molecule has 0 saturated carbocycles. The smallest absolute Gasteiger partial charge is 0.335 e. The van der Waals surface area contributed by atoms with Gasteiger partial charge in [0.05, 0.1) is 141 Å². The number of ether oxygens (including phenoxy) is 14. The highest BCUT2D eigenvalue weighted by Crippen LogP contribution is 2.47. The van der Waals surface area contributed by atoms with Crippen LogP contribution in [0.4, 0.5) is 34.1 Å². The van der Waals surface area contributed by atoms with Crippen molar-refractivity contribution >= 4 is 93.9 Å². The number of amides is 6. The lowest BCUT2D eigenvalue weighted by Crippen LogP contribution is -2.37. The number of aryl methyl sites for hydroxylation is 4. The van der Waals surface area contributed by atoms with Gasteiger partial charge < -0.3 is 86.1 Å². The fraction of sp³-hybridized carbons (Fsp3) is 0.352. The van der Waals surface area contributed by atoms with E-state index in [9.17, 15) is 38.4 Å². The molecule has 0 radical (unpaired) electrons. The van der Waals surface area contributed by atoms with Crippen LogP contribution in [0.25, 0.3) is 0 Å². The number of hydrogen-bond acceptors (Lipinski definition) is 25. The number of benzene rings is 10. The maximum atomic E-state index is 14.1. The summed E-state index contributed by atoms with van der Waals surface area (Å²) in [6.45, 7) is 8.43. The normalized spacial score (nSPS) is 17.0. The molecule has 1 fully saturated rings. The predicted octanol–water partition coefficient (Wildman–Crippen LogP) is 15.3. The van der Waals surface area contributed by atoms with Crippen LogP contribution in [0, 0.1) is 13.8 Å². The molecular formula is C108H109N7O24. The van der Waals surface area contributed by atoms with Gasteiger partial charge in [-0.25, -0.2) is 4.79 Å². The van der Waals surface area contributed by atoms with Crippen molar-refractivity contribution in [3.63, 3.8) is 0 Å². The van der Waals surface area contributed by atoms with Gasteiger partial charge >= 0.3 is 11.9 Å². The Hall–Kier alpha value is -14.3. The van der Waals surface area contributed by atoms with Crippen LogP contribution in [0.3, 0.4) is 0 Å². The fourth-order valence-corrected chi connectivity index (χ4v) is 19.0. The molecule has 10 aromatic carbocycles. The minimum Gasteiger partial charge on any atom is -0.493 e. The van der Waals surface area contributed by atoms with Gasteiger partial charge in [0.25, 0.3) is 35.4 Å². The molecule has 4 atom stereocenters. The molecule has 19 rings (SSSR count). The third kappa shape index (κ3) is 22.0. The van der Waals surface area contributed by atoms with Gasteiger partial charge in [0.15, 0.2) is 23.0 Å². The second kappa shape index (κ2) is 44.0. The number of carbonyl (C=O) groups is 8. The summed E-state index contributed by atoms with van der Waals surface area (Å²) >= 11 is 0. The van der Waals surface area contributed by atoms with Crippen molar-refractivity contribution in [3.05, 3.63) is 271 Å². The minimum absolute atomic E-state index is 0.0251. The number of carboxylic acids is 1. The summed E-state index contributed by atoms with van der Waals surface area (Å²) in [5.41, 5.74) is 18.7. The van der Waals surface area contributed by atoms with E-state index in [1.807, 2.05) is 182 Å². The van der Waals surface area contributed by atoms with Gasteiger partial charge in [0.1, 0.15) is 62.6 Å². The summed E-state index contributed by atoms with van der Waals surface area (Å²) in [4.78, 5) is 124. The Bertz CT molecular complexity index is 6360. The predicted molar refractivity (Wildman–Crippen MR) is 514 cm³/mol. The Labute approximate surface area is 804 Å². The number of rotatable bonds is 41. The molecule has 0 spiro atoms. The highest BCUT2D eigenvalue weighted by Gasteiger charge is 2.43. The number of carbonyl (C=O) groups excluding carboxylic acids is 7. The van der Waals surface area contributed by atoms with E-state index in [1.54, 1.807) is 48.3 Å². The number of aliphatic carboxylic acids is 1. The second-order valence-electron chi connectivity index (χ2n) is 35.1. The molecule has 0 unspecified atom stereocenters. The Morgan fingerprint density at radius 2 is 0.691 bits per heavy atom. The highest BCUT2D eigenvalue weighted by molar-refractivity contribution is 6.16. The molecule has 0 aromatic heterocycles. The number of hydroxylamine groups is 2. The highest BCUT2D eigenvalue weighted by atomic mass is 16.7. The van der Waals surface area contributed by atoms with Gasteiger partial charge in [0, 0.05) is 96.2 Å². The number of aliphatic imine (C=N–C) groups is 2. The molecule has 1 saturated heterocycles. The van der Waals surface area contributed by atoms with Crippen molar-refractivity contribution in [2.45, 2.75) is 141 Å². The standard InChI is InChI=1S/C56H56N4O13.C52H53N3O11/c1-35-23-44-38(11-12-41-27-39-7-3-5-9-47(39)58(41)55(44)64)29-49(35)71-33-36-24-37(26-43(25-36)70-22-21-69-20-19-68-18-17-67-16-15-54(63)73-60-52(61)13-14-53(60)62)34-72-51-31-46-45(30-50(51)66-2)56(65)59-42(32-57-46)28-40-8-4-6-10-48(40)59;1-33-21-42-36(11-12-39-25-37-7-3-5-9-45(37)54(39)51(42)58)27-47(33)65-31-34-22-35(24-41(23-34)64-20-19-63-18-17-62-16-15-61-14-13-50(56)57)32-66-49-29-44-43(28-48(49)60-2)52(59)55-40(30-53-44)26-38-8-4-6-10-46(38)55/h3-10,23-26,29-32,41-42H,11-22,27-28,33-34H2,1-2H3;3-10,21-24,27-30,39-40H,11-20,25-26,31-32H2,1-2H3,(H,56,57)/t41-,42+;39-,40+/m11/s1. The van der Waals surface area contributed by atoms with E-state index in [4.69, 9.17) is 86.2 Å². The molecule has 31 heteroatoms. The van der Waals surface area contributed by atoms with Gasteiger partial charge in [-0.3, -0.25) is 53.3 Å². The van der Waals surface area contributed by atoms with Crippen molar-refractivity contribution in [1.82, 2.24) is 5.06 Å². The molecule has 1 N–H and O–H groups in total. The first kappa shape index (κ1) is 95.0. The number of fused-ring (bicyclic) bond motifs is 16. The SMILES string of the molecule is COc1cc2c(cc1OCc1cc(COc3cc4c(cc3C)C(=O)N3c5ccccc5C[C@H]3CC4)cc(OCCOCCOCCOCCC(=O)O)c1)N=C[C@@H]1Cc3ccccc3N1C2=O.COc1cc2c(cc1OCc1cc(COc3cc4c(cc3C)C(=O)N3c5ccccc5C[C@H]3CC4)cc(OCCOCCOCCOCCC(=O)ON3C(=O)CCC3=O)c1)N=C[C@@H]1Cc3ccccc3N1C2=O. The number of carboxylic acid groups (broad SMARTS) is 1. The van der Waals surface area contributed by atoms with Crippen LogP contribution >= 0.6 is 0 Å². The van der Waals surface area contributed by atoms with Crippen LogP contribution in [0.1, 0.15) is 147 Å². The summed E-state index contributed by atoms with van der Waals surface area (Å²) < 4.78 is 83.2. The van der Waals surface area contributed by atoms with E-state index in [2.05, 4.69) is 12.1 Å². The fourth-order valence-electron chi connectivity index (χ4n) is 19.0. The third-order valence-electron chi connectivity index (χ3n) is 25.8. The summed E-state index contributed by atoms with van der Waals surface area (Å²) in [5.74, 6) is 1.34. The van der Waals surface area contributed by atoms with Crippen LogP contribution in [-0.2, 0) is 117 Å². The lowest BCUT2D eigenvalue weighted by Gasteiger charge is -2.23. The van der Waals surface area contributed by atoms with Gasteiger partial charge in [-0.05, 0) is 216 Å². The topological polar surface area (TPSA) is 336 Å². The van der Waals surface area contributed by atoms with Crippen molar-refractivity contribution < 1.29 is 115 Å². The minimum atomic E-state index is -0.900. The molecule has 720 valence electrons. The van der Waals surface area contributed by atoms with Crippen molar-refractivity contribution in [3.8, 4) is 46.0 Å². The van der Waals surface area contributed by atoms with Crippen molar-refractivity contribution in [2.24, 2.45) is 9.98 Å².